The van der Waals surface area contributed by atoms with Crippen LogP contribution in [0.5, 0.6) is 0 Å². The molecule has 1 aromatic heterocycles. The molecule has 3 aromatic rings. The van der Waals surface area contributed by atoms with Gasteiger partial charge in [0.05, 0.1) is 0 Å². The van der Waals surface area contributed by atoms with Crippen molar-refractivity contribution in [2.75, 3.05) is 7.05 Å². The predicted molar refractivity (Wildman–Crippen MR) is 88.4 cm³/mol. The quantitative estimate of drug-likeness (QED) is 0.762. The molecule has 0 saturated carbocycles. The summed E-state index contributed by atoms with van der Waals surface area (Å²) in [5.41, 5.74) is 4.20. The van der Waals surface area contributed by atoms with Gasteiger partial charge in [-0.15, -0.1) is 0 Å². The minimum atomic E-state index is 0.160. The third-order valence-corrected chi connectivity index (χ3v) is 4.28. The van der Waals surface area contributed by atoms with E-state index in [1.165, 1.54) is 11.1 Å². The van der Waals surface area contributed by atoms with Crippen LogP contribution in [0.2, 0.25) is 0 Å². The molecule has 0 saturated heterocycles. The maximum absolute atomic E-state index is 5.82. The van der Waals surface area contributed by atoms with Gasteiger partial charge in [-0.1, -0.05) is 40.2 Å². The number of rotatable bonds is 4. The summed E-state index contributed by atoms with van der Waals surface area (Å²) in [5.74, 6) is 0.753. The van der Waals surface area contributed by atoms with E-state index in [4.69, 9.17) is 4.42 Å². The number of hydrogen-bond donors (Lipinski definition) is 1. The average molecular weight is 345 g/mol. The summed E-state index contributed by atoms with van der Waals surface area (Å²) in [6.07, 6.45) is 0.715. The van der Waals surface area contributed by atoms with Gasteiger partial charge in [0.25, 0.3) is 0 Å². The molecular formula is C17H17BrN2O. The van der Waals surface area contributed by atoms with Crippen molar-refractivity contribution in [1.29, 1.82) is 0 Å². The highest BCUT2D eigenvalue weighted by Crippen LogP contribution is 2.27. The zero-order valence-corrected chi connectivity index (χ0v) is 13.6. The third kappa shape index (κ3) is 3.01. The van der Waals surface area contributed by atoms with Crippen molar-refractivity contribution >= 4 is 27.0 Å². The summed E-state index contributed by atoms with van der Waals surface area (Å²) in [6.45, 7) is 2.09. The maximum Gasteiger partial charge on any atom is 0.197 e. The van der Waals surface area contributed by atoms with Crippen LogP contribution in [0, 0.1) is 6.92 Å². The SMILES string of the molecule is CNC(Cc1nc2ccccc2o1)c1ccc(C)cc1Br. The van der Waals surface area contributed by atoms with Gasteiger partial charge in [0.2, 0.25) is 0 Å². The molecule has 1 N–H and O–H groups in total. The molecule has 0 amide bonds. The minimum Gasteiger partial charge on any atom is -0.441 e. The van der Waals surface area contributed by atoms with E-state index < -0.39 is 0 Å². The number of fused-ring (bicyclic) bond motifs is 1. The Bertz CT molecular complexity index is 733. The Hall–Kier alpha value is -1.65. The first kappa shape index (κ1) is 14.3. The van der Waals surface area contributed by atoms with Crippen molar-refractivity contribution < 1.29 is 4.42 Å². The molecule has 0 bridgehead atoms. The standard InChI is InChI=1S/C17H17BrN2O/c1-11-7-8-12(13(18)9-11)15(19-2)10-17-20-14-5-3-4-6-16(14)21-17/h3-9,15,19H,10H2,1-2H3. The Morgan fingerprint density at radius 2 is 2.05 bits per heavy atom. The fourth-order valence-electron chi connectivity index (χ4n) is 2.46. The molecule has 3 nitrogen and oxygen atoms in total. The molecule has 0 aliphatic carbocycles. The molecular weight excluding hydrogens is 328 g/mol. The third-order valence-electron chi connectivity index (χ3n) is 3.60. The zero-order valence-electron chi connectivity index (χ0n) is 12.1. The lowest BCUT2D eigenvalue weighted by Gasteiger charge is -2.17. The largest absolute Gasteiger partial charge is 0.441 e. The predicted octanol–water partition coefficient (Wildman–Crippen LogP) is 4.40. The molecule has 1 unspecified atom stereocenters. The number of nitrogens with one attached hydrogen (secondary N) is 1. The first-order valence-corrected chi connectivity index (χ1v) is 7.74. The number of hydrogen-bond acceptors (Lipinski definition) is 3. The molecule has 21 heavy (non-hydrogen) atoms. The van der Waals surface area contributed by atoms with Crippen LogP contribution in [-0.2, 0) is 6.42 Å². The number of halogens is 1. The fourth-order valence-corrected chi connectivity index (χ4v) is 3.23. The summed E-state index contributed by atoms with van der Waals surface area (Å²) in [7, 11) is 1.96. The zero-order chi connectivity index (χ0) is 14.8. The van der Waals surface area contributed by atoms with Gasteiger partial charge in [-0.25, -0.2) is 4.98 Å². The Morgan fingerprint density at radius 3 is 2.76 bits per heavy atom. The number of benzene rings is 2. The highest BCUT2D eigenvalue weighted by Gasteiger charge is 2.16. The summed E-state index contributed by atoms with van der Waals surface area (Å²) in [5, 5.41) is 3.34. The van der Waals surface area contributed by atoms with Gasteiger partial charge in [0, 0.05) is 16.9 Å². The van der Waals surface area contributed by atoms with E-state index in [-0.39, 0.29) is 6.04 Å². The average Bonchev–Trinajstić information content (AvgIpc) is 2.87. The van der Waals surface area contributed by atoms with E-state index in [0.29, 0.717) is 6.42 Å². The highest BCUT2D eigenvalue weighted by molar-refractivity contribution is 9.10. The van der Waals surface area contributed by atoms with Crippen molar-refractivity contribution in [1.82, 2.24) is 10.3 Å². The summed E-state index contributed by atoms with van der Waals surface area (Å²) < 4.78 is 6.93. The number of nitrogens with zero attached hydrogens (tertiary/aromatic N) is 1. The van der Waals surface area contributed by atoms with Crippen LogP contribution >= 0.6 is 15.9 Å². The lowest BCUT2D eigenvalue weighted by molar-refractivity contribution is 0.473. The van der Waals surface area contributed by atoms with E-state index in [9.17, 15) is 0 Å². The van der Waals surface area contributed by atoms with Crippen LogP contribution in [0.1, 0.15) is 23.1 Å². The first-order chi connectivity index (χ1) is 10.2. The molecule has 2 aromatic carbocycles. The molecule has 3 rings (SSSR count). The van der Waals surface area contributed by atoms with Gasteiger partial charge in [-0.3, -0.25) is 0 Å². The van der Waals surface area contributed by atoms with E-state index >= 15 is 0 Å². The van der Waals surface area contributed by atoms with Gasteiger partial charge in [-0.05, 0) is 43.3 Å². The molecule has 4 heteroatoms. The topological polar surface area (TPSA) is 38.1 Å². The fraction of sp³-hybridized carbons (Fsp3) is 0.235. The van der Waals surface area contributed by atoms with Crippen LogP contribution in [0.15, 0.2) is 51.4 Å². The van der Waals surface area contributed by atoms with Gasteiger partial charge in [0.15, 0.2) is 11.5 Å². The normalized spacial score (nSPS) is 12.7. The Balaban J connectivity index is 1.90. The summed E-state index contributed by atoms with van der Waals surface area (Å²) in [4.78, 5) is 4.55. The maximum atomic E-state index is 5.82. The van der Waals surface area contributed by atoms with E-state index in [1.807, 2.05) is 31.3 Å². The molecule has 1 heterocycles. The van der Waals surface area contributed by atoms with Gasteiger partial charge in [-0.2, -0.15) is 0 Å². The molecule has 0 aliphatic heterocycles. The number of oxazole rings is 1. The minimum absolute atomic E-state index is 0.160. The number of para-hydroxylation sites is 2. The molecule has 0 radical (unpaired) electrons. The molecule has 1 atom stereocenters. The lowest BCUT2D eigenvalue weighted by atomic mass is 10.0. The van der Waals surface area contributed by atoms with E-state index in [2.05, 4.69) is 51.4 Å². The highest BCUT2D eigenvalue weighted by atomic mass is 79.9. The monoisotopic (exact) mass is 344 g/mol. The van der Waals surface area contributed by atoms with Crippen LogP contribution < -0.4 is 5.32 Å². The number of aryl methyl sites for hydroxylation is 1. The number of likely N-dealkylation sites (N-methyl/N-ethyl adjacent to an activating group) is 1. The Kier molecular flexibility index (Phi) is 4.08. The summed E-state index contributed by atoms with van der Waals surface area (Å²) >= 11 is 3.65. The van der Waals surface area contributed by atoms with Gasteiger partial charge in [0.1, 0.15) is 5.52 Å². The smallest absolute Gasteiger partial charge is 0.197 e. The summed E-state index contributed by atoms with van der Waals surface area (Å²) in [6, 6.07) is 14.4. The Labute approximate surface area is 132 Å². The van der Waals surface area contributed by atoms with Gasteiger partial charge >= 0.3 is 0 Å². The van der Waals surface area contributed by atoms with Crippen molar-refractivity contribution in [3.8, 4) is 0 Å². The molecule has 0 fully saturated rings. The molecule has 108 valence electrons. The Morgan fingerprint density at radius 1 is 1.24 bits per heavy atom. The van der Waals surface area contributed by atoms with E-state index in [1.54, 1.807) is 0 Å². The first-order valence-electron chi connectivity index (χ1n) is 6.95. The second-order valence-electron chi connectivity index (χ2n) is 5.15. The van der Waals surface area contributed by atoms with Crippen molar-refractivity contribution in [3.63, 3.8) is 0 Å². The van der Waals surface area contributed by atoms with Crippen molar-refractivity contribution in [2.24, 2.45) is 0 Å². The lowest BCUT2D eigenvalue weighted by Crippen LogP contribution is -2.19. The van der Waals surface area contributed by atoms with Gasteiger partial charge < -0.3 is 9.73 Å². The van der Waals surface area contributed by atoms with Crippen LogP contribution in [-0.4, -0.2) is 12.0 Å². The van der Waals surface area contributed by atoms with Crippen molar-refractivity contribution in [2.45, 2.75) is 19.4 Å². The van der Waals surface area contributed by atoms with E-state index in [0.717, 1.165) is 21.5 Å². The van der Waals surface area contributed by atoms with Crippen LogP contribution in [0.25, 0.3) is 11.1 Å². The molecule has 0 aliphatic rings. The van der Waals surface area contributed by atoms with Crippen LogP contribution in [0.3, 0.4) is 0 Å². The van der Waals surface area contributed by atoms with Crippen LogP contribution in [0.4, 0.5) is 0 Å². The second kappa shape index (κ2) is 6.00. The number of aromatic nitrogens is 1. The molecule has 0 spiro atoms. The second-order valence-corrected chi connectivity index (χ2v) is 6.00. The van der Waals surface area contributed by atoms with Crippen molar-refractivity contribution in [3.05, 3.63) is 64.0 Å².